The number of hydrogen-bond acceptors (Lipinski definition) is 4. The standard InChI is InChI=1S/C15H13F2N3O/c1-3-11-8-18-14(19-9-11)20-10-12-5-4-6-13(7-12)21-15(2,16)17/h1,4-9H,10H2,2H3,(H,18,19,20). The van der Waals surface area contributed by atoms with E-state index in [1.807, 2.05) is 0 Å². The van der Waals surface area contributed by atoms with Gasteiger partial charge in [0.05, 0.1) is 5.56 Å². The second kappa shape index (κ2) is 6.18. The van der Waals surface area contributed by atoms with Crippen molar-refractivity contribution < 1.29 is 13.5 Å². The normalized spacial score (nSPS) is 10.8. The van der Waals surface area contributed by atoms with Gasteiger partial charge in [0.2, 0.25) is 5.95 Å². The number of halogens is 2. The van der Waals surface area contributed by atoms with Gasteiger partial charge in [0.1, 0.15) is 5.75 Å². The molecule has 0 spiro atoms. The summed E-state index contributed by atoms with van der Waals surface area (Å²) in [5.74, 6) is 2.92. The van der Waals surface area contributed by atoms with Crippen LogP contribution in [-0.2, 0) is 6.54 Å². The van der Waals surface area contributed by atoms with Gasteiger partial charge in [0, 0.05) is 25.9 Å². The van der Waals surface area contributed by atoms with Crippen LogP contribution in [0.25, 0.3) is 0 Å². The molecule has 1 aromatic carbocycles. The van der Waals surface area contributed by atoms with Crippen molar-refractivity contribution in [3.05, 3.63) is 47.8 Å². The number of benzene rings is 1. The number of terminal acetylenes is 1. The average molecular weight is 289 g/mol. The molecule has 0 amide bonds. The number of aromatic nitrogens is 2. The van der Waals surface area contributed by atoms with Crippen LogP contribution in [0.1, 0.15) is 18.1 Å². The number of rotatable bonds is 5. The van der Waals surface area contributed by atoms with E-state index in [1.165, 1.54) is 24.5 Å². The van der Waals surface area contributed by atoms with E-state index in [1.54, 1.807) is 12.1 Å². The van der Waals surface area contributed by atoms with Crippen molar-refractivity contribution in [1.29, 1.82) is 0 Å². The van der Waals surface area contributed by atoms with Crippen LogP contribution in [0.2, 0.25) is 0 Å². The van der Waals surface area contributed by atoms with E-state index in [2.05, 4.69) is 25.9 Å². The largest absolute Gasteiger partial charge is 0.433 e. The molecular formula is C15H13F2N3O. The Labute approximate surface area is 121 Å². The summed E-state index contributed by atoms with van der Waals surface area (Å²) in [5, 5.41) is 2.97. The van der Waals surface area contributed by atoms with E-state index in [-0.39, 0.29) is 5.75 Å². The Bertz CT molecular complexity index is 645. The highest BCUT2D eigenvalue weighted by molar-refractivity contribution is 5.35. The molecule has 0 saturated carbocycles. The predicted octanol–water partition coefficient (Wildman–Crippen LogP) is 3.06. The van der Waals surface area contributed by atoms with Gasteiger partial charge >= 0.3 is 6.11 Å². The quantitative estimate of drug-likeness (QED) is 0.859. The highest BCUT2D eigenvalue weighted by Crippen LogP contribution is 2.22. The molecule has 21 heavy (non-hydrogen) atoms. The first-order valence-corrected chi connectivity index (χ1v) is 6.14. The molecule has 0 unspecified atom stereocenters. The van der Waals surface area contributed by atoms with Gasteiger partial charge in [0.25, 0.3) is 0 Å². The Morgan fingerprint density at radius 1 is 1.33 bits per heavy atom. The average Bonchev–Trinajstić information content (AvgIpc) is 2.44. The number of nitrogens with zero attached hydrogens (tertiary/aromatic N) is 2. The molecule has 0 aliphatic carbocycles. The maximum atomic E-state index is 12.8. The molecule has 0 aliphatic heterocycles. The molecule has 2 rings (SSSR count). The maximum Gasteiger partial charge on any atom is 0.394 e. The van der Waals surface area contributed by atoms with E-state index in [0.717, 1.165) is 5.56 Å². The lowest BCUT2D eigenvalue weighted by atomic mass is 10.2. The van der Waals surface area contributed by atoms with Crippen LogP contribution in [0.3, 0.4) is 0 Å². The minimum atomic E-state index is -3.21. The van der Waals surface area contributed by atoms with Crippen molar-refractivity contribution in [2.45, 2.75) is 19.6 Å². The Morgan fingerprint density at radius 2 is 2.05 bits per heavy atom. The summed E-state index contributed by atoms with van der Waals surface area (Å²) in [7, 11) is 0. The first-order chi connectivity index (χ1) is 9.96. The molecular weight excluding hydrogens is 276 g/mol. The zero-order valence-electron chi connectivity index (χ0n) is 11.3. The molecule has 0 fully saturated rings. The SMILES string of the molecule is C#Cc1cnc(NCc2cccc(OC(C)(F)F)c2)nc1. The molecule has 1 N–H and O–H groups in total. The lowest BCUT2D eigenvalue weighted by Crippen LogP contribution is -2.19. The van der Waals surface area contributed by atoms with Gasteiger partial charge in [-0.25, -0.2) is 9.97 Å². The van der Waals surface area contributed by atoms with Gasteiger partial charge in [-0.15, -0.1) is 6.42 Å². The minimum absolute atomic E-state index is 0.102. The summed E-state index contributed by atoms with van der Waals surface area (Å²) in [6.07, 6.45) is 5.04. The molecule has 6 heteroatoms. The van der Waals surface area contributed by atoms with Crippen molar-refractivity contribution in [2.24, 2.45) is 0 Å². The molecule has 1 heterocycles. The fraction of sp³-hybridized carbons (Fsp3) is 0.200. The zero-order valence-corrected chi connectivity index (χ0v) is 11.3. The number of alkyl halides is 2. The van der Waals surface area contributed by atoms with Crippen molar-refractivity contribution >= 4 is 5.95 Å². The molecule has 4 nitrogen and oxygen atoms in total. The highest BCUT2D eigenvalue weighted by Gasteiger charge is 2.23. The van der Waals surface area contributed by atoms with E-state index in [4.69, 9.17) is 6.42 Å². The van der Waals surface area contributed by atoms with Crippen molar-refractivity contribution in [1.82, 2.24) is 9.97 Å². The predicted molar refractivity (Wildman–Crippen MR) is 75.0 cm³/mol. The molecule has 0 saturated heterocycles. The van der Waals surface area contributed by atoms with Gasteiger partial charge in [0.15, 0.2) is 0 Å². The highest BCUT2D eigenvalue weighted by atomic mass is 19.3. The summed E-state index contributed by atoms with van der Waals surface area (Å²) in [4.78, 5) is 8.06. The second-order valence-corrected chi connectivity index (χ2v) is 4.35. The van der Waals surface area contributed by atoms with Gasteiger partial charge in [-0.05, 0) is 17.7 Å². The fourth-order valence-electron chi connectivity index (χ4n) is 1.60. The molecule has 2 aromatic rings. The number of hydrogen-bond donors (Lipinski definition) is 1. The summed E-state index contributed by atoms with van der Waals surface area (Å²) in [6, 6.07) is 6.42. The van der Waals surface area contributed by atoms with Gasteiger partial charge in [-0.1, -0.05) is 18.1 Å². The number of ether oxygens (including phenoxy) is 1. The topological polar surface area (TPSA) is 47.0 Å². The van der Waals surface area contributed by atoms with Crippen LogP contribution < -0.4 is 10.1 Å². The summed E-state index contributed by atoms with van der Waals surface area (Å²) in [6.45, 7) is 1.07. The Morgan fingerprint density at radius 3 is 2.67 bits per heavy atom. The molecule has 0 atom stereocenters. The van der Waals surface area contributed by atoms with E-state index in [0.29, 0.717) is 25.0 Å². The van der Waals surface area contributed by atoms with Crippen molar-refractivity contribution in [3.8, 4) is 18.1 Å². The smallest absolute Gasteiger partial charge is 0.394 e. The first kappa shape index (κ1) is 14.7. The van der Waals surface area contributed by atoms with Crippen LogP contribution in [0.15, 0.2) is 36.7 Å². The lowest BCUT2D eigenvalue weighted by Gasteiger charge is -2.13. The van der Waals surface area contributed by atoms with Crippen LogP contribution >= 0.6 is 0 Å². The van der Waals surface area contributed by atoms with Crippen molar-refractivity contribution in [3.63, 3.8) is 0 Å². The third-order valence-corrected chi connectivity index (χ3v) is 2.46. The minimum Gasteiger partial charge on any atom is -0.433 e. The second-order valence-electron chi connectivity index (χ2n) is 4.35. The molecule has 108 valence electrons. The van der Waals surface area contributed by atoms with E-state index >= 15 is 0 Å². The third-order valence-electron chi connectivity index (χ3n) is 2.46. The Balaban J connectivity index is 1.99. The van der Waals surface area contributed by atoms with E-state index < -0.39 is 6.11 Å². The Hall–Kier alpha value is -2.68. The summed E-state index contributed by atoms with van der Waals surface area (Å²) < 4.78 is 30.1. The van der Waals surface area contributed by atoms with Gasteiger partial charge in [-0.2, -0.15) is 8.78 Å². The van der Waals surface area contributed by atoms with Crippen LogP contribution in [0.5, 0.6) is 5.75 Å². The van der Waals surface area contributed by atoms with Gasteiger partial charge in [-0.3, -0.25) is 0 Å². The molecule has 0 radical (unpaired) electrons. The van der Waals surface area contributed by atoms with Gasteiger partial charge < -0.3 is 10.1 Å². The number of anilines is 1. The molecule has 0 aliphatic rings. The summed E-state index contributed by atoms with van der Waals surface area (Å²) >= 11 is 0. The van der Waals surface area contributed by atoms with Crippen LogP contribution in [-0.4, -0.2) is 16.1 Å². The van der Waals surface area contributed by atoms with Crippen LogP contribution in [0.4, 0.5) is 14.7 Å². The van der Waals surface area contributed by atoms with Crippen LogP contribution in [0, 0.1) is 12.3 Å². The first-order valence-electron chi connectivity index (χ1n) is 6.14. The lowest BCUT2D eigenvalue weighted by molar-refractivity contribution is -0.158. The van der Waals surface area contributed by atoms with E-state index in [9.17, 15) is 8.78 Å². The molecule has 1 aromatic heterocycles. The third kappa shape index (κ3) is 4.73. The zero-order chi connectivity index (χ0) is 15.3. The monoisotopic (exact) mass is 289 g/mol. The Kier molecular flexibility index (Phi) is 4.33. The maximum absolute atomic E-state index is 12.8. The number of nitrogens with one attached hydrogen (secondary N) is 1. The fourth-order valence-corrected chi connectivity index (χ4v) is 1.60. The molecule has 0 bridgehead atoms. The van der Waals surface area contributed by atoms with Crippen molar-refractivity contribution in [2.75, 3.05) is 5.32 Å². The summed E-state index contributed by atoms with van der Waals surface area (Å²) in [5.41, 5.74) is 1.35.